The van der Waals surface area contributed by atoms with E-state index in [9.17, 15) is 4.79 Å². The summed E-state index contributed by atoms with van der Waals surface area (Å²) < 4.78 is 5.96. The summed E-state index contributed by atoms with van der Waals surface area (Å²) in [5, 5.41) is 0. The highest BCUT2D eigenvalue weighted by Gasteiger charge is 2.40. The number of ether oxygens (including phenoxy) is 1. The van der Waals surface area contributed by atoms with Gasteiger partial charge in [-0.2, -0.15) is 0 Å². The number of rotatable bonds is 3. The molecule has 23 heavy (non-hydrogen) atoms. The summed E-state index contributed by atoms with van der Waals surface area (Å²) in [6.45, 7) is 6.34. The molecule has 0 radical (unpaired) electrons. The van der Waals surface area contributed by atoms with Crippen LogP contribution in [-0.2, 0) is 4.74 Å². The van der Waals surface area contributed by atoms with Crippen molar-refractivity contribution in [3.8, 4) is 0 Å². The van der Waals surface area contributed by atoms with Crippen LogP contribution >= 0.6 is 0 Å². The van der Waals surface area contributed by atoms with Crippen molar-refractivity contribution in [2.75, 3.05) is 32.8 Å². The largest absolute Gasteiger partial charge is 0.375 e. The lowest BCUT2D eigenvalue weighted by Crippen LogP contribution is -2.61. The lowest BCUT2D eigenvalue weighted by atomic mass is 9.98. The molecule has 2 atom stereocenters. The van der Waals surface area contributed by atoms with Crippen molar-refractivity contribution in [3.63, 3.8) is 0 Å². The highest BCUT2D eigenvalue weighted by molar-refractivity contribution is 5.92. The Morgan fingerprint density at radius 3 is 2.87 bits per heavy atom. The van der Waals surface area contributed by atoms with Gasteiger partial charge in [0.1, 0.15) is 5.69 Å². The van der Waals surface area contributed by atoms with Crippen molar-refractivity contribution in [1.82, 2.24) is 19.8 Å². The molecule has 124 valence electrons. The first-order valence-corrected chi connectivity index (χ1v) is 8.64. The third-order valence-electron chi connectivity index (χ3n) is 5.18. The summed E-state index contributed by atoms with van der Waals surface area (Å²) in [6, 6.07) is 0.334. The molecule has 1 aliphatic carbocycles. The standard InChI is InChI=1S/C17H24N4O2/c1-12-8-19-14(9-18-12)17(22)21-5-4-16-15(11-21)20(6-7-23-16)10-13-2-3-13/h8-9,13,15-16H,2-7,10-11H2,1H3/t15-,16-/m0/s1. The van der Waals surface area contributed by atoms with E-state index in [2.05, 4.69) is 14.9 Å². The average molecular weight is 316 g/mol. The number of carbonyl (C=O) groups excluding carboxylic acids is 1. The Morgan fingerprint density at radius 2 is 2.13 bits per heavy atom. The Labute approximate surface area is 136 Å². The summed E-state index contributed by atoms with van der Waals surface area (Å²) in [4.78, 5) is 25.6. The number of likely N-dealkylation sites (tertiary alicyclic amines) is 1. The maximum Gasteiger partial charge on any atom is 0.274 e. The Kier molecular flexibility index (Phi) is 4.03. The summed E-state index contributed by atoms with van der Waals surface area (Å²) in [5.74, 6) is 0.857. The summed E-state index contributed by atoms with van der Waals surface area (Å²) >= 11 is 0. The molecule has 3 heterocycles. The van der Waals surface area contributed by atoms with Crippen LogP contribution in [-0.4, -0.2) is 70.6 Å². The first kappa shape index (κ1) is 15.0. The van der Waals surface area contributed by atoms with Crippen molar-refractivity contribution in [1.29, 1.82) is 0 Å². The highest BCUT2D eigenvalue weighted by atomic mass is 16.5. The van der Waals surface area contributed by atoms with E-state index in [-0.39, 0.29) is 12.0 Å². The second kappa shape index (κ2) is 6.17. The van der Waals surface area contributed by atoms with E-state index in [1.807, 2.05) is 11.8 Å². The molecule has 0 unspecified atom stereocenters. The van der Waals surface area contributed by atoms with Gasteiger partial charge in [-0.1, -0.05) is 0 Å². The van der Waals surface area contributed by atoms with Gasteiger partial charge in [0.05, 0.1) is 30.6 Å². The van der Waals surface area contributed by atoms with Crippen LogP contribution in [0.5, 0.6) is 0 Å². The monoisotopic (exact) mass is 316 g/mol. The number of nitrogens with zero attached hydrogens (tertiary/aromatic N) is 4. The van der Waals surface area contributed by atoms with Crippen molar-refractivity contribution >= 4 is 5.91 Å². The number of piperidine rings is 1. The molecular weight excluding hydrogens is 292 g/mol. The molecule has 4 rings (SSSR count). The predicted octanol–water partition coefficient (Wildman–Crippen LogP) is 1.11. The highest BCUT2D eigenvalue weighted by Crippen LogP contribution is 2.33. The van der Waals surface area contributed by atoms with Crippen molar-refractivity contribution in [2.24, 2.45) is 5.92 Å². The van der Waals surface area contributed by atoms with E-state index in [1.54, 1.807) is 12.4 Å². The van der Waals surface area contributed by atoms with Gasteiger partial charge in [0.2, 0.25) is 0 Å². The van der Waals surface area contributed by atoms with Crippen LogP contribution in [0.3, 0.4) is 0 Å². The van der Waals surface area contributed by atoms with E-state index in [0.29, 0.717) is 11.7 Å². The van der Waals surface area contributed by atoms with Crippen molar-refractivity contribution in [3.05, 3.63) is 23.8 Å². The van der Waals surface area contributed by atoms with Gasteiger partial charge in [0, 0.05) is 32.4 Å². The van der Waals surface area contributed by atoms with Crippen LogP contribution < -0.4 is 0 Å². The Balaban J connectivity index is 1.46. The molecule has 3 fully saturated rings. The van der Waals surface area contributed by atoms with Crippen LogP contribution in [0.25, 0.3) is 0 Å². The molecule has 1 saturated carbocycles. The third-order valence-corrected chi connectivity index (χ3v) is 5.18. The molecule has 3 aliphatic rings. The molecular formula is C17H24N4O2. The minimum absolute atomic E-state index is 0.00658. The van der Waals surface area contributed by atoms with E-state index in [0.717, 1.165) is 50.8 Å². The van der Waals surface area contributed by atoms with Gasteiger partial charge in [0.25, 0.3) is 5.91 Å². The van der Waals surface area contributed by atoms with Gasteiger partial charge < -0.3 is 9.64 Å². The van der Waals surface area contributed by atoms with Crippen LogP contribution in [0, 0.1) is 12.8 Å². The van der Waals surface area contributed by atoms with Gasteiger partial charge in [-0.25, -0.2) is 4.98 Å². The molecule has 1 aromatic rings. The number of carbonyl (C=O) groups is 1. The Hall–Kier alpha value is -1.53. The van der Waals surface area contributed by atoms with Gasteiger partial charge in [-0.3, -0.25) is 14.7 Å². The summed E-state index contributed by atoms with van der Waals surface area (Å²) in [6.07, 6.45) is 7.14. The maximum atomic E-state index is 12.7. The molecule has 1 aromatic heterocycles. The fourth-order valence-corrected chi connectivity index (χ4v) is 3.65. The predicted molar refractivity (Wildman–Crippen MR) is 85.1 cm³/mol. The molecule has 0 N–H and O–H groups in total. The first-order chi connectivity index (χ1) is 11.2. The Morgan fingerprint density at radius 1 is 1.26 bits per heavy atom. The zero-order valence-corrected chi connectivity index (χ0v) is 13.6. The molecule has 2 aliphatic heterocycles. The fraction of sp³-hybridized carbons (Fsp3) is 0.706. The quantitative estimate of drug-likeness (QED) is 0.836. The minimum atomic E-state index is -0.00658. The topological polar surface area (TPSA) is 58.6 Å². The molecule has 0 spiro atoms. The summed E-state index contributed by atoms with van der Waals surface area (Å²) in [5.41, 5.74) is 1.27. The normalized spacial score (nSPS) is 28.5. The van der Waals surface area contributed by atoms with Crippen LogP contribution in [0.15, 0.2) is 12.4 Å². The second-order valence-corrected chi connectivity index (χ2v) is 7.00. The fourth-order valence-electron chi connectivity index (χ4n) is 3.65. The number of aromatic nitrogens is 2. The van der Waals surface area contributed by atoms with Crippen molar-refractivity contribution < 1.29 is 9.53 Å². The molecule has 1 amide bonds. The number of aryl methyl sites for hydroxylation is 1. The first-order valence-electron chi connectivity index (χ1n) is 8.64. The number of fused-ring (bicyclic) bond motifs is 1. The Bertz CT molecular complexity index is 572. The van der Waals surface area contributed by atoms with Gasteiger partial charge >= 0.3 is 0 Å². The van der Waals surface area contributed by atoms with E-state index in [4.69, 9.17) is 4.74 Å². The lowest BCUT2D eigenvalue weighted by Gasteiger charge is -2.47. The molecule has 2 saturated heterocycles. The number of hydrogen-bond acceptors (Lipinski definition) is 5. The number of morpholine rings is 1. The maximum absolute atomic E-state index is 12.7. The summed E-state index contributed by atoms with van der Waals surface area (Å²) in [7, 11) is 0. The van der Waals surface area contributed by atoms with E-state index in [1.165, 1.54) is 12.8 Å². The molecule has 0 bridgehead atoms. The molecule has 0 aromatic carbocycles. The smallest absolute Gasteiger partial charge is 0.274 e. The molecule has 6 nitrogen and oxygen atoms in total. The second-order valence-electron chi connectivity index (χ2n) is 7.00. The molecule has 6 heteroatoms. The SMILES string of the molecule is Cc1cnc(C(=O)N2CC[C@@H]3OCCN(CC4CC4)[C@H]3C2)cn1. The van der Waals surface area contributed by atoms with Gasteiger partial charge in [0.15, 0.2) is 0 Å². The minimum Gasteiger partial charge on any atom is -0.375 e. The van der Waals surface area contributed by atoms with Crippen LogP contribution in [0.1, 0.15) is 35.4 Å². The van der Waals surface area contributed by atoms with Gasteiger partial charge in [-0.05, 0) is 32.1 Å². The number of hydrogen-bond donors (Lipinski definition) is 0. The number of amides is 1. The van der Waals surface area contributed by atoms with Crippen molar-refractivity contribution in [2.45, 2.75) is 38.3 Å². The van der Waals surface area contributed by atoms with Crippen LogP contribution in [0.2, 0.25) is 0 Å². The third kappa shape index (κ3) is 3.23. The van der Waals surface area contributed by atoms with Crippen LogP contribution in [0.4, 0.5) is 0 Å². The average Bonchev–Trinajstić information content (AvgIpc) is 3.39. The zero-order valence-electron chi connectivity index (χ0n) is 13.6. The lowest BCUT2D eigenvalue weighted by molar-refractivity contribution is -0.0989. The zero-order chi connectivity index (χ0) is 15.8. The van der Waals surface area contributed by atoms with Gasteiger partial charge in [-0.15, -0.1) is 0 Å². The van der Waals surface area contributed by atoms with E-state index < -0.39 is 0 Å². The van der Waals surface area contributed by atoms with E-state index >= 15 is 0 Å².